The van der Waals surface area contributed by atoms with Crippen molar-refractivity contribution in [2.75, 3.05) is 0 Å². The molecule has 0 aliphatic heterocycles. The number of nitrogens with zero attached hydrogens (tertiary/aromatic N) is 1. The fourth-order valence-electron chi connectivity index (χ4n) is 1.65. The number of hydrogen-bond donors (Lipinski definition) is 0. The van der Waals surface area contributed by atoms with Crippen molar-refractivity contribution >= 4 is 21.6 Å². The molecule has 0 saturated heterocycles. The van der Waals surface area contributed by atoms with Crippen molar-refractivity contribution in [2.24, 2.45) is 0 Å². The largest absolute Gasteiger partial charge is 0.270 e. The zero-order chi connectivity index (χ0) is 15.5. The molecule has 2 aromatic rings. The number of rotatable bonds is 4. The van der Waals surface area contributed by atoms with Crippen LogP contribution in [0.5, 0.6) is 0 Å². The number of halogens is 1. The van der Waals surface area contributed by atoms with E-state index >= 15 is 0 Å². The van der Waals surface area contributed by atoms with Gasteiger partial charge in [0.15, 0.2) is 0 Å². The second-order valence-corrected chi connectivity index (χ2v) is 5.99. The second kappa shape index (κ2) is 5.84. The minimum absolute atomic E-state index is 0.0983. The molecule has 0 unspecified atom stereocenters. The number of hydrogen-bond acceptors (Lipinski definition) is 4. The lowest BCUT2D eigenvalue weighted by molar-refractivity contribution is -0.384. The Morgan fingerprint density at radius 2 is 1.76 bits per heavy atom. The van der Waals surface area contributed by atoms with Crippen molar-refractivity contribution in [2.45, 2.75) is 4.90 Å². The number of benzene rings is 2. The predicted octanol–water partition coefficient (Wildman–Crippen LogP) is 3.34. The Kier molecular flexibility index (Phi) is 4.13. The summed E-state index contributed by atoms with van der Waals surface area (Å²) in [6, 6.07) is 12.2. The molecule has 0 aromatic heterocycles. The molecule has 2 aromatic carbocycles. The molecule has 108 valence electrons. The Labute approximate surface area is 120 Å². The highest BCUT2D eigenvalue weighted by molar-refractivity contribution is 7.95. The van der Waals surface area contributed by atoms with Gasteiger partial charge < -0.3 is 0 Å². The summed E-state index contributed by atoms with van der Waals surface area (Å²) < 4.78 is 37.9. The van der Waals surface area contributed by atoms with Gasteiger partial charge in [0.25, 0.3) is 5.69 Å². The Balaban J connectivity index is 2.42. The third-order valence-electron chi connectivity index (χ3n) is 2.67. The smallest absolute Gasteiger partial charge is 0.258 e. The van der Waals surface area contributed by atoms with Gasteiger partial charge in [0.1, 0.15) is 0 Å². The molecule has 21 heavy (non-hydrogen) atoms. The third kappa shape index (κ3) is 3.32. The molecule has 0 N–H and O–H groups in total. The van der Waals surface area contributed by atoms with E-state index in [0.717, 1.165) is 12.1 Å². The van der Waals surface area contributed by atoms with E-state index in [1.807, 2.05) is 0 Å². The second-order valence-electron chi connectivity index (χ2n) is 4.12. The minimum atomic E-state index is -4.25. The van der Waals surface area contributed by atoms with Crippen LogP contribution >= 0.6 is 0 Å². The molecule has 0 bridgehead atoms. The molecule has 0 amide bonds. The maximum absolute atomic E-state index is 14.0. The molecule has 0 atom stereocenters. The van der Waals surface area contributed by atoms with Crippen molar-refractivity contribution in [3.63, 3.8) is 0 Å². The predicted molar refractivity (Wildman–Crippen MR) is 75.8 cm³/mol. The Hall–Kier alpha value is -2.54. The number of non-ortho nitro benzene ring substituents is 1. The molecule has 0 aliphatic carbocycles. The quantitative estimate of drug-likeness (QED) is 0.641. The molecule has 0 saturated carbocycles. The standard InChI is InChI=1S/C14H10FNO4S/c15-14(21(19,20)13-7-2-1-3-8-13)10-11-5-4-6-12(9-11)16(17)18/h1-10H/b14-10+. The lowest BCUT2D eigenvalue weighted by Crippen LogP contribution is -2.01. The van der Waals surface area contributed by atoms with Gasteiger partial charge in [-0.2, -0.15) is 4.39 Å². The summed E-state index contributed by atoms with van der Waals surface area (Å²) in [5.74, 6) is 0. The molecule has 0 aliphatic rings. The molecule has 0 spiro atoms. The van der Waals surface area contributed by atoms with Gasteiger partial charge in [-0.1, -0.05) is 30.3 Å². The van der Waals surface area contributed by atoms with Crippen LogP contribution in [-0.2, 0) is 9.84 Å². The van der Waals surface area contributed by atoms with Crippen molar-refractivity contribution < 1.29 is 17.7 Å². The van der Waals surface area contributed by atoms with Crippen LogP contribution < -0.4 is 0 Å². The zero-order valence-corrected chi connectivity index (χ0v) is 11.5. The fourth-order valence-corrected chi connectivity index (χ4v) is 2.68. The van der Waals surface area contributed by atoms with E-state index in [1.54, 1.807) is 6.07 Å². The third-order valence-corrected chi connectivity index (χ3v) is 4.20. The summed E-state index contributed by atoms with van der Waals surface area (Å²) >= 11 is 0. The number of nitro groups is 1. The normalized spacial score (nSPS) is 12.1. The average Bonchev–Trinajstić information content (AvgIpc) is 2.48. The van der Waals surface area contributed by atoms with Crippen molar-refractivity contribution in [3.05, 3.63) is 75.4 Å². The summed E-state index contributed by atoms with van der Waals surface area (Å²) in [6.45, 7) is 0. The Morgan fingerprint density at radius 3 is 2.38 bits per heavy atom. The van der Waals surface area contributed by atoms with Crippen molar-refractivity contribution in [3.8, 4) is 0 Å². The van der Waals surface area contributed by atoms with E-state index < -0.39 is 19.9 Å². The van der Waals surface area contributed by atoms with Gasteiger partial charge >= 0.3 is 0 Å². The molecular formula is C14H10FNO4S. The Bertz CT molecular complexity index is 801. The highest BCUT2D eigenvalue weighted by Gasteiger charge is 2.20. The summed E-state index contributed by atoms with van der Waals surface area (Å²) in [7, 11) is -4.25. The lowest BCUT2D eigenvalue weighted by Gasteiger charge is -2.01. The van der Waals surface area contributed by atoms with Gasteiger partial charge in [0.05, 0.1) is 9.82 Å². The summed E-state index contributed by atoms with van der Waals surface area (Å²) in [5.41, 5.74) is -0.144. The van der Waals surface area contributed by atoms with Crippen LogP contribution in [0, 0.1) is 10.1 Å². The zero-order valence-electron chi connectivity index (χ0n) is 10.6. The van der Waals surface area contributed by atoms with Gasteiger partial charge in [-0.15, -0.1) is 0 Å². The maximum atomic E-state index is 14.0. The van der Waals surface area contributed by atoms with Gasteiger partial charge in [-0.25, -0.2) is 8.42 Å². The first-order valence-corrected chi connectivity index (χ1v) is 7.31. The van der Waals surface area contributed by atoms with Crippen LogP contribution in [0.1, 0.15) is 5.56 Å². The molecule has 2 rings (SSSR count). The van der Waals surface area contributed by atoms with E-state index in [4.69, 9.17) is 0 Å². The summed E-state index contributed by atoms with van der Waals surface area (Å²) in [6.07, 6.45) is 0.759. The van der Waals surface area contributed by atoms with Crippen LogP contribution in [0.4, 0.5) is 10.1 Å². The molecule has 0 radical (unpaired) electrons. The van der Waals surface area contributed by atoms with Crippen LogP contribution in [0.25, 0.3) is 6.08 Å². The maximum Gasteiger partial charge on any atom is 0.270 e. The number of nitro benzene ring substituents is 1. The van der Waals surface area contributed by atoms with Crippen LogP contribution in [0.15, 0.2) is 64.7 Å². The minimum Gasteiger partial charge on any atom is -0.258 e. The summed E-state index contributed by atoms with van der Waals surface area (Å²) in [5, 5.41) is 9.26. The topological polar surface area (TPSA) is 77.3 Å². The van der Waals surface area contributed by atoms with E-state index in [9.17, 15) is 22.9 Å². The SMILES string of the molecule is O=[N+]([O-])c1cccc(/C=C(\F)S(=O)(=O)c2ccccc2)c1. The molecule has 0 heterocycles. The molecule has 7 heteroatoms. The Morgan fingerprint density at radius 1 is 1.10 bits per heavy atom. The monoisotopic (exact) mass is 307 g/mol. The molecular weight excluding hydrogens is 297 g/mol. The van der Waals surface area contributed by atoms with Gasteiger partial charge in [-0.05, 0) is 23.8 Å². The first kappa shape index (κ1) is 14.9. The first-order chi connectivity index (χ1) is 9.91. The molecule has 0 fully saturated rings. The first-order valence-electron chi connectivity index (χ1n) is 5.83. The van der Waals surface area contributed by atoms with Gasteiger partial charge in [-0.3, -0.25) is 10.1 Å². The number of sulfone groups is 1. The van der Waals surface area contributed by atoms with E-state index in [1.165, 1.54) is 42.5 Å². The summed E-state index contributed by atoms with van der Waals surface area (Å²) in [4.78, 5) is 9.82. The lowest BCUT2D eigenvalue weighted by atomic mass is 10.2. The van der Waals surface area contributed by atoms with E-state index in [0.29, 0.717) is 0 Å². The van der Waals surface area contributed by atoms with Crippen molar-refractivity contribution in [1.29, 1.82) is 0 Å². The van der Waals surface area contributed by atoms with Crippen LogP contribution in [0.3, 0.4) is 0 Å². The van der Waals surface area contributed by atoms with Crippen LogP contribution in [0.2, 0.25) is 0 Å². The van der Waals surface area contributed by atoms with Crippen LogP contribution in [-0.4, -0.2) is 13.3 Å². The van der Waals surface area contributed by atoms with Gasteiger partial charge in [0, 0.05) is 12.1 Å². The highest BCUT2D eigenvalue weighted by atomic mass is 32.2. The average molecular weight is 307 g/mol. The molecule has 5 nitrogen and oxygen atoms in total. The van der Waals surface area contributed by atoms with Crippen molar-refractivity contribution in [1.82, 2.24) is 0 Å². The van der Waals surface area contributed by atoms with Gasteiger partial charge in [0.2, 0.25) is 15.0 Å². The van der Waals surface area contributed by atoms with E-state index in [-0.39, 0.29) is 16.1 Å². The highest BCUT2D eigenvalue weighted by Crippen LogP contribution is 2.23. The fraction of sp³-hybridized carbons (Fsp3) is 0. The van der Waals surface area contributed by atoms with E-state index in [2.05, 4.69) is 0 Å².